The lowest BCUT2D eigenvalue weighted by atomic mass is 9.95. The largest absolute Gasteiger partial charge is 0.465 e. The molecule has 0 aliphatic heterocycles. The number of benzene rings is 1. The SMILES string of the molecule is C=CC[C@@H](c1cc(Br)cc(C(N)=O)c1)N(C(=O)O)C(C)(C)C. The summed E-state index contributed by atoms with van der Waals surface area (Å²) < 4.78 is 0.673. The number of hydrogen-bond acceptors (Lipinski definition) is 2. The highest BCUT2D eigenvalue weighted by atomic mass is 79.9. The Kier molecular flexibility index (Phi) is 5.77. The molecule has 0 heterocycles. The van der Waals surface area contributed by atoms with Crippen LogP contribution in [0.3, 0.4) is 0 Å². The van der Waals surface area contributed by atoms with Crippen LogP contribution < -0.4 is 5.73 Å². The fraction of sp³-hybridized carbons (Fsp3) is 0.375. The third kappa shape index (κ3) is 4.34. The van der Waals surface area contributed by atoms with Gasteiger partial charge in [0.15, 0.2) is 0 Å². The van der Waals surface area contributed by atoms with E-state index in [9.17, 15) is 14.7 Å². The van der Waals surface area contributed by atoms with Crippen LogP contribution in [0.2, 0.25) is 0 Å². The van der Waals surface area contributed by atoms with Gasteiger partial charge in [0.2, 0.25) is 5.91 Å². The maximum absolute atomic E-state index is 11.7. The van der Waals surface area contributed by atoms with E-state index in [1.54, 1.807) is 24.3 Å². The summed E-state index contributed by atoms with van der Waals surface area (Å²) in [6.45, 7) is 9.18. The Hall–Kier alpha value is -1.82. The zero-order valence-corrected chi connectivity index (χ0v) is 14.6. The molecular formula is C16H21BrN2O3. The van der Waals surface area contributed by atoms with E-state index < -0.39 is 23.6 Å². The average Bonchev–Trinajstić information content (AvgIpc) is 2.35. The van der Waals surface area contributed by atoms with Crippen LogP contribution in [0.1, 0.15) is 49.2 Å². The van der Waals surface area contributed by atoms with Crippen molar-refractivity contribution in [3.63, 3.8) is 0 Å². The number of hydrogen-bond donors (Lipinski definition) is 2. The molecule has 0 saturated heterocycles. The maximum atomic E-state index is 11.7. The van der Waals surface area contributed by atoms with Crippen molar-refractivity contribution in [2.75, 3.05) is 0 Å². The molecule has 0 radical (unpaired) electrons. The summed E-state index contributed by atoms with van der Waals surface area (Å²) in [5, 5.41) is 9.60. The first-order valence-electron chi connectivity index (χ1n) is 6.81. The van der Waals surface area contributed by atoms with Crippen molar-refractivity contribution in [2.45, 2.75) is 38.8 Å². The van der Waals surface area contributed by atoms with Crippen LogP contribution in [0.15, 0.2) is 35.3 Å². The number of rotatable bonds is 5. The van der Waals surface area contributed by atoms with Crippen LogP contribution in [-0.4, -0.2) is 27.5 Å². The smallest absolute Gasteiger partial charge is 0.408 e. The van der Waals surface area contributed by atoms with Crippen molar-refractivity contribution in [1.29, 1.82) is 0 Å². The molecule has 0 aromatic heterocycles. The Morgan fingerprint density at radius 3 is 2.41 bits per heavy atom. The van der Waals surface area contributed by atoms with Gasteiger partial charge in [-0.1, -0.05) is 22.0 Å². The standard InChI is InChI=1S/C16H21BrN2O3/c1-5-6-13(19(15(21)22)16(2,3)4)10-7-11(14(18)20)9-12(17)8-10/h5,7-9,13H,1,6H2,2-4H3,(H2,18,20)(H,21,22)/t13-/m0/s1. The first-order chi connectivity index (χ1) is 10.1. The predicted molar refractivity (Wildman–Crippen MR) is 89.8 cm³/mol. The lowest BCUT2D eigenvalue weighted by Crippen LogP contribution is -2.47. The topological polar surface area (TPSA) is 83.6 Å². The van der Waals surface area contributed by atoms with Crippen molar-refractivity contribution >= 4 is 27.9 Å². The molecule has 22 heavy (non-hydrogen) atoms. The molecule has 0 aliphatic rings. The van der Waals surface area contributed by atoms with E-state index in [2.05, 4.69) is 22.5 Å². The molecular weight excluding hydrogens is 348 g/mol. The van der Waals surface area contributed by atoms with E-state index in [0.29, 0.717) is 22.0 Å². The molecule has 5 nitrogen and oxygen atoms in total. The Balaban J connectivity index is 3.45. The highest BCUT2D eigenvalue weighted by molar-refractivity contribution is 9.10. The van der Waals surface area contributed by atoms with E-state index >= 15 is 0 Å². The van der Waals surface area contributed by atoms with Crippen LogP contribution >= 0.6 is 15.9 Å². The lowest BCUT2D eigenvalue weighted by Gasteiger charge is -2.39. The molecule has 0 bridgehead atoms. The molecule has 0 aliphatic carbocycles. The second-order valence-electron chi connectivity index (χ2n) is 6.00. The monoisotopic (exact) mass is 368 g/mol. The maximum Gasteiger partial charge on any atom is 0.408 e. The number of amides is 2. The van der Waals surface area contributed by atoms with Crippen LogP contribution in [0.4, 0.5) is 4.79 Å². The van der Waals surface area contributed by atoms with E-state index in [0.717, 1.165) is 0 Å². The highest BCUT2D eigenvalue weighted by Gasteiger charge is 2.33. The van der Waals surface area contributed by atoms with Gasteiger partial charge in [0, 0.05) is 15.6 Å². The number of carbonyl (C=O) groups excluding carboxylic acids is 1. The van der Waals surface area contributed by atoms with Crippen LogP contribution in [0.25, 0.3) is 0 Å². The third-order valence-electron chi connectivity index (χ3n) is 3.22. The summed E-state index contributed by atoms with van der Waals surface area (Å²) in [5.74, 6) is -0.558. The molecule has 1 atom stereocenters. The summed E-state index contributed by atoms with van der Waals surface area (Å²) in [4.78, 5) is 24.5. The molecule has 0 fully saturated rings. The normalized spacial score (nSPS) is 12.5. The van der Waals surface area contributed by atoms with Crippen LogP contribution in [0.5, 0.6) is 0 Å². The molecule has 120 valence electrons. The minimum Gasteiger partial charge on any atom is -0.465 e. The van der Waals surface area contributed by atoms with Gasteiger partial charge >= 0.3 is 6.09 Å². The number of carbonyl (C=O) groups is 2. The van der Waals surface area contributed by atoms with Crippen molar-refractivity contribution in [1.82, 2.24) is 4.90 Å². The van der Waals surface area contributed by atoms with Crippen molar-refractivity contribution in [3.05, 3.63) is 46.5 Å². The fourth-order valence-corrected chi connectivity index (χ4v) is 2.89. The first-order valence-corrected chi connectivity index (χ1v) is 7.60. The van der Waals surface area contributed by atoms with Gasteiger partial charge in [-0.3, -0.25) is 9.69 Å². The van der Waals surface area contributed by atoms with Crippen molar-refractivity contribution in [2.24, 2.45) is 5.73 Å². The second-order valence-corrected chi connectivity index (χ2v) is 6.92. The first kappa shape index (κ1) is 18.2. The summed E-state index contributed by atoms with van der Waals surface area (Å²) in [7, 11) is 0. The summed E-state index contributed by atoms with van der Waals surface area (Å²) in [5.41, 5.74) is 5.76. The third-order valence-corrected chi connectivity index (χ3v) is 3.68. The molecule has 1 aromatic rings. The number of primary amides is 1. The Morgan fingerprint density at radius 2 is 2.00 bits per heavy atom. The Bertz CT molecular complexity index is 594. The number of nitrogens with two attached hydrogens (primary N) is 1. The van der Waals surface area contributed by atoms with Crippen molar-refractivity contribution in [3.8, 4) is 0 Å². The summed E-state index contributed by atoms with van der Waals surface area (Å²) in [6, 6.07) is 4.58. The Labute approximate surface area is 138 Å². The quantitative estimate of drug-likeness (QED) is 0.771. The van der Waals surface area contributed by atoms with Gasteiger partial charge in [-0.15, -0.1) is 6.58 Å². The minimum atomic E-state index is -1.03. The van der Waals surface area contributed by atoms with Gasteiger partial charge in [0.25, 0.3) is 0 Å². The molecule has 6 heteroatoms. The van der Waals surface area contributed by atoms with Crippen molar-refractivity contribution < 1.29 is 14.7 Å². The molecule has 0 spiro atoms. The zero-order chi connectivity index (χ0) is 17.1. The Morgan fingerprint density at radius 1 is 1.41 bits per heavy atom. The van der Waals surface area contributed by atoms with Gasteiger partial charge in [0.1, 0.15) is 0 Å². The number of nitrogens with zero attached hydrogens (tertiary/aromatic N) is 1. The number of carboxylic acid groups (broad SMARTS) is 1. The van der Waals surface area contributed by atoms with E-state index in [-0.39, 0.29) is 0 Å². The van der Waals surface area contributed by atoms with Gasteiger partial charge in [-0.05, 0) is 51.0 Å². The number of halogens is 1. The molecule has 0 saturated carbocycles. The minimum absolute atomic E-state index is 0.331. The van der Waals surface area contributed by atoms with Crippen LogP contribution in [-0.2, 0) is 0 Å². The summed E-state index contributed by atoms with van der Waals surface area (Å²) in [6.07, 6.45) is 1.06. The van der Waals surface area contributed by atoms with E-state index in [4.69, 9.17) is 5.73 Å². The van der Waals surface area contributed by atoms with Crippen LogP contribution in [0, 0.1) is 0 Å². The molecule has 2 amide bonds. The predicted octanol–water partition coefficient (Wildman–Crippen LogP) is 3.94. The van der Waals surface area contributed by atoms with Gasteiger partial charge in [-0.2, -0.15) is 0 Å². The highest BCUT2D eigenvalue weighted by Crippen LogP contribution is 2.33. The molecule has 1 rings (SSSR count). The van der Waals surface area contributed by atoms with Gasteiger partial charge in [0.05, 0.1) is 6.04 Å². The molecule has 0 unspecified atom stereocenters. The molecule has 3 N–H and O–H groups in total. The van der Waals surface area contributed by atoms with Gasteiger partial charge in [-0.25, -0.2) is 4.79 Å². The molecule has 1 aromatic carbocycles. The zero-order valence-electron chi connectivity index (χ0n) is 13.0. The van der Waals surface area contributed by atoms with Gasteiger partial charge < -0.3 is 10.8 Å². The summed E-state index contributed by atoms with van der Waals surface area (Å²) >= 11 is 3.34. The average molecular weight is 369 g/mol. The van der Waals surface area contributed by atoms with E-state index in [1.165, 1.54) is 4.90 Å². The fourth-order valence-electron chi connectivity index (χ4n) is 2.38. The lowest BCUT2D eigenvalue weighted by molar-refractivity contribution is 0.0704. The second kappa shape index (κ2) is 6.96. The van der Waals surface area contributed by atoms with E-state index in [1.807, 2.05) is 20.8 Å².